The van der Waals surface area contributed by atoms with Crippen LogP contribution in [0.5, 0.6) is 0 Å². The van der Waals surface area contributed by atoms with Gasteiger partial charge in [0.15, 0.2) is 0 Å². The zero-order chi connectivity index (χ0) is 19.3. The molecule has 144 valence electrons. The van der Waals surface area contributed by atoms with Crippen LogP contribution in [0.3, 0.4) is 0 Å². The summed E-state index contributed by atoms with van der Waals surface area (Å²) in [6.07, 6.45) is 5.09. The van der Waals surface area contributed by atoms with Gasteiger partial charge in [0.1, 0.15) is 11.4 Å². The van der Waals surface area contributed by atoms with E-state index in [0.29, 0.717) is 30.4 Å². The Morgan fingerprint density at radius 2 is 2.11 bits per heavy atom. The maximum Gasteiger partial charge on any atom is 0.230 e. The third-order valence-electron chi connectivity index (χ3n) is 5.79. The molecule has 5 rings (SSSR count). The van der Waals surface area contributed by atoms with Crippen molar-refractivity contribution in [2.45, 2.75) is 24.8 Å². The van der Waals surface area contributed by atoms with Crippen LogP contribution in [0.15, 0.2) is 59.2 Å². The van der Waals surface area contributed by atoms with Crippen LogP contribution in [0.4, 0.5) is 0 Å². The second-order valence-corrected chi connectivity index (χ2v) is 7.95. The molecule has 4 atom stereocenters. The van der Waals surface area contributed by atoms with Crippen LogP contribution in [0, 0.1) is 11.8 Å². The van der Waals surface area contributed by atoms with Gasteiger partial charge in [0.2, 0.25) is 11.8 Å². The Balaban J connectivity index is 1.32. The van der Waals surface area contributed by atoms with E-state index in [2.05, 4.69) is 5.32 Å². The summed E-state index contributed by atoms with van der Waals surface area (Å²) < 4.78 is 11.5. The van der Waals surface area contributed by atoms with E-state index in [9.17, 15) is 9.59 Å². The lowest BCUT2D eigenvalue weighted by atomic mass is 9.77. The van der Waals surface area contributed by atoms with E-state index < -0.39 is 17.4 Å². The number of halogens is 1. The number of likely N-dealkylation sites (tertiary alicyclic amines) is 1. The molecule has 3 aliphatic rings. The van der Waals surface area contributed by atoms with E-state index in [4.69, 9.17) is 20.8 Å². The number of benzene rings is 1. The molecular weight excluding hydrogens is 380 g/mol. The van der Waals surface area contributed by atoms with Gasteiger partial charge in [-0.15, -0.1) is 0 Å². The number of furan rings is 1. The molecule has 2 amide bonds. The van der Waals surface area contributed by atoms with Crippen molar-refractivity contribution in [2.75, 3.05) is 6.54 Å². The molecule has 2 aromatic rings. The molecule has 7 heteroatoms. The summed E-state index contributed by atoms with van der Waals surface area (Å²) in [4.78, 5) is 27.8. The number of nitrogens with zero attached hydrogens (tertiary/aromatic N) is 1. The Labute approximate surface area is 167 Å². The van der Waals surface area contributed by atoms with Crippen molar-refractivity contribution in [1.29, 1.82) is 0 Å². The molecule has 6 nitrogen and oxygen atoms in total. The summed E-state index contributed by atoms with van der Waals surface area (Å²) in [6, 6.07) is 10.9. The fourth-order valence-electron chi connectivity index (χ4n) is 4.51. The molecule has 1 aromatic carbocycles. The Kier molecular flexibility index (Phi) is 4.07. The fraction of sp³-hybridized carbons (Fsp3) is 0.333. The van der Waals surface area contributed by atoms with Crippen LogP contribution in [0.2, 0.25) is 5.02 Å². The zero-order valence-electron chi connectivity index (χ0n) is 15.0. The first-order chi connectivity index (χ1) is 13.6. The minimum Gasteiger partial charge on any atom is -0.467 e. The van der Waals surface area contributed by atoms with Crippen LogP contribution < -0.4 is 5.32 Å². The number of nitrogens with one attached hydrogen (secondary N) is 1. The number of carbonyl (C=O) groups excluding carboxylic acids is 2. The highest BCUT2D eigenvalue weighted by molar-refractivity contribution is 6.30. The van der Waals surface area contributed by atoms with Crippen LogP contribution in [-0.2, 0) is 27.4 Å². The second kappa shape index (κ2) is 6.50. The highest BCUT2D eigenvalue weighted by atomic mass is 35.5. The number of carbonyl (C=O) groups is 2. The van der Waals surface area contributed by atoms with Crippen molar-refractivity contribution in [3.05, 3.63) is 71.2 Å². The van der Waals surface area contributed by atoms with Gasteiger partial charge in [0, 0.05) is 11.6 Å². The zero-order valence-corrected chi connectivity index (χ0v) is 15.8. The number of rotatable bonds is 5. The van der Waals surface area contributed by atoms with Crippen molar-refractivity contribution in [3.63, 3.8) is 0 Å². The van der Waals surface area contributed by atoms with Crippen molar-refractivity contribution >= 4 is 23.4 Å². The van der Waals surface area contributed by atoms with E-state index in [1.54, 1.807) is 29.4 Å². The molecule has 0 radical (unpaired) electrons. The predicted molar refractivity (Wildman–Crippen MR) is 101 cm³/mol. The Morgan fingerprint density at radius 1 is 1.29 bits per heavy atom. The number of fused-ring (bicyclic) bond motifs is 1. The van der Waals surface area contributed by atoms with Gasteiger partial charge in [-0.2, -0.15) is 0 Å². The maximum atomic E-state index is 13.1. The lowest BCUT2D eigenvalue weighted by Gasteiger charge is -2.23. The molecule has 0 saturated carbocycles. The van der Waals surface area contributed by atoms with Gasteiger partial charge >= 0.3 is 0 Å². The van der Waals surface area contributed by atoms with E-state index in [-0.39, 0.29) is 17.9 Å². The third kappa shape index (κ3) is 2.75. The van der Waals surface area contributed by atoms with Crippen LogP contribution in [-0.4, -0.2) is 35.0 Å². The van der Waals surface area contributed by atoms with Gasteiger partial charge in [-0.3, -0.25) is 9.59 Å². The topological polar surface area (TPSA) is 71.8 Å². The highest BCUT2D eigenvalue weighted by Gasteiger charge is 2.66. The third-order valence-corrected chi connectivity index (χ3v) is 6.04. The maximum absolute atomic E-state index is 13.1. The molecular formula is C21H19ClN2O4. The van der Waals surface area contributed by atoms with E-state index in [1.165, 1.54) is 0 Å². The van der Waals surface area contributed by atoms with Gasteiger partial charge in [-0.05, 0) is 29.8 Å². The SMILES string of the molecule is O=C(NCc1ccc(Cl)cc1)[C@H]1[C@H]2C(=O)N(Cc3ccco3)C[C@]23C=C[C@H]1O3. The summed E-state index contributed by atoms with van der Waals surface area (Å²) in [6.45, 7) is 1.20. The summed E-state index contributed by atoms with van der Waals surface area (Å²) >= 11 is 5.90. The van der Waals surface area contributed by atoms with Gasteiger partial charge in [0.05, 0.1) is 37.3 Å². The summed E-state index contributed by atoms with van der Waals surface area (Å²) in [5, 5.41) is 3.60. The molecule has 2 saturated heterocycles. The minimum absolute atomic E-state index is 0.0603. The van der Waals surface area contributed by atoms with Crippen LogP contribution in [0.1, 0.15) is 11.3 Å². The van der Waals surface area contributed by atoms with Gasteiger partial charge in [-0.1, -0.05) is 35.9 Å². The molecule has 0 aliphatic carbocycles. The van der Waals surface area contributed by atoms with Crippen LogP contribution >= 0.6 is 11.6 Å². The first kappa shape index (κ1) is 17.5. The summed E-state index contributed by atoms with van der Waals surface area (Å²) in [5.41, 5.74) is 0.237. The first-order valence-corrected chi connectivity index (χ1v) is 9.64. The predicted octanol–water partition coefficient (Wildman–Crippen LogP) is 2.53. The largest absolute Gasteiger partial charge is 0.467 e. The molecule has 0 unspecified atom stereocenters. The Hall–Kier alpha value is -2.57. The van der Waals surface area contributed by atoms with E-state index in [0.717, 1.165) is 5.56 Å². The number of hydrogen-bond donors (Lipinski definition) is 1. The van der Waals surface area contributed by atoms with E-state index >= 15 is 0 Å². The molecule has 2 bridgehead atoms. The Morgan fingerprint density at radius 3 is 2.86 bits per heavy atom. The monoisotopic (exact) mass is 398 g/mol. The molecule has 1 spiro atoms. The summed E-state index contributed by atoms with van der Waals surface area (Å²) in [7, 11) is 0. The molecule has 28 heavy (non-hydrogen) atoms. The van der Waals surface area contributed by atoms with Gasteiger partial charge in [-0.25, -0.2) is 0 Å². The number of hydrogen-bond acceptors (Lipinski definition) is 4. The number of ether oxygens (including phenoxy) is 1. The fourth-order valence-corrected chi connectivity index (χ4v) is 4.64. The normalized spacial score (nSPS) is 30.1. The van der Waals surface area contributed by atoms with Gasteiger partial charge in [0.25, 0.3) is 0 Å². The molecule has 3 aliphatic heterocycles. The quantitative estimate of drug-likeness (QED) is 0.785. The molecule has 4 heterocycles. The standard InChI is InChI=1S/C21H19ClN2O4/c22-14-5-3-13(4-6-14)10-23-19(25)17-16-7-8-21(28-16)12-24(20(26)18(17)21)11-15-2-1-9-27-15/h1-9,16-18H,10-12H2,(H,23,25)/t16-,17-,18+,21-/m1/s1. The minimum atomic E-state index is -0.712. The second-order valence-electron chi connectivity index (χ2n) is 7.52. The first-order valence-electron chi connectivity index (χ1n) is 9.26. The average Bonchev–Trinajstić information content (AvgIpc) is 3.45. The van der Waals surface area contributed by atoms with Crippen molar-refractivity contribution in [3.8, 4) is 0 Å². The summed E-state index contributed by atoms with van der Waals surface area (Å²) in [5.74, 6) is -0.527. The Bertz CT molecular complexity index is 940. The smallest absolute Gasteiger partial charge is 0.230 e. The molecule has 2 fully saturated rings. The van der Waals surface area contributed by atoms with Crippen molar-refractivity contribution < 1.29 is 18.7 Å². The lowest BCUT2D eigenvalue weighted by molar-refractivity contribution is -0.138. The van der Waals surface area contributed by atoms with Crippen LogP contribution in [0.25, 0.3) is 0 Å². The lowest BCUT2D eigenvalue weighted by Crippen LogP contribution is -2.43. The molecule has 1 N–H and O–H groups in total. The van der Waals surface area contributed by atoms with E-state index in [1.807, 2.05) is 30.4 Å². The van der Waals surface area contributed by atoms with Crippen molar-refractivity contribution in [2.24, 2.45) is 11.8 Å². The highest BCUT2D eigenvalue weighted by Crippen LogP contribution is 2.52. The average molecular weight is 399 g/mol. The van der Waals surface area contributed by atoms with Gasteiger partial charge < -0.3 is 19.4 Å². The number of amides is 2. The van der Waals surface area contributed by atoms with Crippen molar-refractivity contribution in [1.82, 2.24) is 10.2 Å². The molecule has 1 aromatic heterocycles.